The highest BCUT2D eigenvalue weighted by Crippen LogP contribution is 2.25. The molecule has 0 amide bonds. The van der Waals surface area contributed by atoms with Gasteiger partial charge in [0.2, 0.25) is 0 Å². The topological polar surface area (TPSA) is 64.2 Å². The molecule has 0 aliphatic carbocycles. The standard InChI is InChI=1S/C22H26N4O/c1-15-20(25-12-10-22(3,23)11-13-25)24-16(2)26(21(15)27)19-9-8-17-6-4-5-7-18(17)14-19/h4-9,14H,10-13,23H2,1-3H3. The van der Waals surface area contributed by atoms with Crippen LogP contribution in [0, 0.1) is 13.8 Å². The molecule has 0 saturated carbocycles. The summed E-state index contributed by atoms with van der Waals surface area (Å²) in [5.74, 6) is 1.50. The molecule has 1 saturated heterocycles. The summed E-state index contributed by atoms with van der Waals surface area (Å²) in [4.78, 5) is 20.2. The summed E-state index contributed by atoms with van der Waals surface area (Å²) < 4.78 is 1.71. The van der Waals surface area contributed by atoms with E-state index in [-0.39, 0.29) is 11.1 Å². The molecule has 5 heteroatoms. The van der Waals surface area contributed by atoms with Crippen molar-refractivity contribution in [3.05, 3.63) is 64.2 Å². The third kappa shape index (κ3) is 3.23. The number of hydrogen-bond acceptors (Lipinski definition) is 4. The van der Waals surface area contributed by atoms with Crippen LogP contribution in [-0.2, 0) is 0 Å². The number of nitrogens with two attached hydrogens (primary N) is 1. The maximum atomic E-state index is 13.2. The van der Waals surface area contributed by atoms with Crippen molar-refractivity contribution in [1.29, 1.82) is 0 Å². The quantitative estimate of drug-likeness (QED) is 0.759. The Labute approximate surface area is 159 Å². The molecule has 2 heterocycles. The maximum Gasteiger partial charge on any atom is 0.263 e. The Morgan fingerprint density at radius 2 is 1.70 bits per heavy atom. The Morgan fingerprint density at radius 1 is 1.04 bits per heavy atom. The molecule has 2 aromatic carbocycles. The van der Waals surface area contributed by atoms with Crippen LogP contribution in [0.25, 0.3) is 16.5 Å². The number of hydrogen-bond donors (Lipinski definition) is 1. The molecule has 27 heavy (non-hydrogen) atoms. The molecular formula is C22H26N4O. The van der Waals surface area contributed by atoms with Crippen LogP contribution in [0.5, 0.6) is 0 Å². The fraction of sp³-hybridized carbons (Fsp3) is 0.364. The van der Waals surface area contributed by atoms with Gasteiger partial charge >= 0.3 is 0 Å². The van der Waals surface area contributed by atoms with Gasteiger partial charge in [-0.2, -0.15) is 0 Å². The van der Waals surface area contributed by atoms with Crippen molar-refractivity contribution in [2.75, 3.05) is 18.0 Å². The van der Waals surface area contributed by atoms with E-state index in [0.717, 1.165) is 48.2 Å². The van der Waals surface area contributed by atoms with E-state index >= 15 is 0 Å². The fourth-order valence-corrected chi connectivity index (χ4v) is 3.85. The minimum absolute atomic E-state index is 0.00568. The summed E-state index contributed by atoms with van der Waals surface area (Å²) >= 11 is 0. The molecule has 0 atom stereocenters. The Bertz CT molecular complexity index is 1060. The first kappa shape index (κ1) is 17.7. The van der Waals surface area contributed by atoms with E-state index < -0.39 is 0 Å². The lowest BCUT2D eigenvalue weighted by molar-refractivity contribution is 0.362. The van der Waals surface area contributed by atoms with Gasteiger partial charge in [-0.3, -0.25) is 9.36 Å². The minimum Gasteiger partial charge on any atom is -0.356 e. The minimum atomic E-state index is -0.125. The van der Waals surface area contributed by atoms with Crippen molar-refractivity contribution < 1.29 is 0 Å². The smallest absolute Gasteiger partial charge is 0.263 e. The van der Waals surface area contributed by atoms with Crippen molar-refractivity contribution in [2.24, 2.45) is 5.73 Å². The van der Waals surface area contributed by atoms with Crippen LogP contribution in [-0.4, -0.2) is 28.2 Å². The zero-order valence-electron chi connectivity index (χ0n) is 16.2. The Morgan fingerprint density at radius 3 is 2.41 bits per heavy atom. The second kappa shape index (κ2) is 6.50. The van der Waals surface area contributed by atoms with E-state index in [2.05, 4.69) is 24.0 Å². The van der Waals surface area contributed by atoms with Crippen molar-refractivity contribution >= 4 is 16.6 Å². The number of aryl methyl sites for hydroxylation is 1. The molecule has 0 spiro atoms. The van der Waals surface area contributed by atoms with Crippen molar-refractivity contribution in [1.82, 2.24) is 9.55 Å². The van der Waals surface area contributed by atoms with Crippen LogP contribution in [0.4, 0.5) is 5.82 Å². The maximum absolute atomic E-state index is 13.2. The summed E-state index contributed by atoms with van der Waals surface area (Å²) in [7, 11) is 0. The molecule has 1 aliphatic heterocycles. The highest BCUT2D eigenvalue weighted by Gasteiger charge is 2.28. The molecule has 1 fully saturated rings. The Hall–Kier alpha value is -2.66. The lowest BCUT2D eigenvalue weighted by atomic mass is 9.91. The summed E-state index contributed by atoms with van der Waals surface area (Å²) in [5, 5.41) is 2.27. The van der Waals surface area contributed by atoms with Crippen LogP contribution in [0.2, 0.25) is 0 Å². The average molecular weight is 362 g/mol. The van der Waals surface area contributed by atoms with Gasteiger partial charge in [0.15, 0.2) is 0 Å². The van der Waals surface area contributed by atoms with Crippen molar-refractivity contribution in [3.8, 4) is 5.69 Å². The number of benzene rings is 2. The van der Waals surface area contributed by atoms with Gasteiger partial charge in [0.25, 0.3) is 5.56 Å². The summed E-state index contributed by atoms with van der Waals surface area (Å²) in [6, 6.07) is 14.2. The number of anilines is 1. The van der Waals surface area contributed by atoms with Gasteiger partial charge in [0.1, 0.15) is 11.6 Å². The molecule has 0 bridgehead atoms. The van der Waals surface area contributed by atoms with Gasteiger partial charge in [-0.25, -0.2) is 4.98 Å². The summed E-state index contributed by atoms with van der Waals surface area (Å²) in [6.45, 7) is 7.53. The zero-order valence-corrected chi connectivity index (χ0v) is 16.2. The van der Waals surface area contributed by atoms with E-state index in [9.17, 15) is 4.79 Å². The molecule has 3 aromatic rings. The molecule has 0 unspecified atom stereocenters. The first-order valence-electron chi connectivity index (χ1n) is 9.49. The average Bonchev–Trinajstić information content (AvgIpc) is 2.65. The van der Waals surface area contributed by atoms with Gasteiger partial charge in [0, 0.05) is 18.6 Å². The molecule has 0 radical (unpaired) electrons. The van der Waals surface area contributed by atoms with Gasteiger partial charge in [-0.05, 0) is 56.5 Å². The Balaban J connectivity index is 1.77. The molecule has 140 valence electrons. The largest absolute Gasteiger partial charge is 0.356 e. The molecular weight excluding hydrogens is 336 g/mol. The number of rotatable bonds is 2. The first-order chi connectivity index (χ1) is 12.9. The highest BCUT2D eigenvalue weighted by atomic mass is 16.1. The number of aromatic nitrogens is 2. The predicted molar refractivity (Wildman–Crippen MR) is 111 cm³/mol. The van der Waals surface area contributed by atoms with Gasteiger partial charge < -0.3 is 10.6 Å². The van der Waals surface area contributed by atoms with Gasteiger partial charge in [0.05, 0.1) is 11.3 Å². The second-order valence-electron chi connectivity index (χ2n) is 7.92. The van der Waals surface area contributed by atoms with E-state index in [4.69, 9.17) is 10.7 Å². The second-order valence-corrected chi connectivity index (χ2v) is 7.92. The Kier molecular flexibility index (Phi) is 4.27. The van der Waals surface area contributed by atoms with Crippen molar-refractivity contribution in [3.63, 3.8) is 0 Å². The summed E-state index contributed by atoms with van der Waals surface area (Å²) in [5.41, 5.74) is 7.66. The number of fused-ring (bicyclic) bond motifs is 1. The normalized spacial score (nSPS) is 16.7. The lowest BCUT2D eigenvalue weighted by Gasteiger charge is -2.38. The van der Waals surface area contributed by atoms with Gasteiger partial charge in [-0.15, -0.1) is 0 Å². The van der Waals surface area contributed by atoms with Crippen molar-refractivity contribution in [2.45, 2.75) is 39.2 Å². The third-order valence-corrected chi connectivity index (χ3v) is 5.65. The third-order valence-electron chi connectivity index (χ3n) is 5.65. The van der Waals surface area contributed by atoms with E-state index in [1.165, 1.54) is 0 Å². The van der Waals surface area contributed by atoms with Crippen LogP contribution < -0.4 is 16.2 Å². The van der Waals surface area contributed by atoms with E-state index in [0.29, 0.717) is 11.4 Å². The first-order valence-corrected chi connectivity index (χ1v) is 9.49. The van der Waals surface area contributed by atoms with Gasteiger partial charge in [-0.1, -0.05) is 30.3 Å². The van der Waals surface area contributed by atoms with Crippen LogP contribution >= 0.6 is 0 Å². The van der Waals surface area contributed by atoms with Crippen LogP contribution in [0.1, 0.15) is 31.2 Å². The van der Waals surface area contributed by atoms with E-state index in [1.807, 2.05) is 44.2 Å². The molecule has 1 aromatic heterocycles. The van der Waals surface area contributed by atoms with Crippen LogP contribution in [0.15, 0.2) is 47.3 Å². The summed E-state index contributed by atoms with van der Waals surface area (Å²) in [6.07, 6.45) is 1.81. The molecule has 1 aliphatic rings. The molecule has 2 N–H and O–H groups in total. The number of nitrogens with zero attached hydrogens (tertiary/aromatic N) is 3. The monoisotopic (exact) mass is 362 g/mol. The highest BCUT2D eigenvalue weighted by molar-refractivity contribution is 5.84. The number of piperidine rings is 1. The molecule has 5 nitrogen and oxygen atoms in total. The lowest BCUT2D eigenvalue weighted by Crippen LogP contribution is -2.49. The molecule has 4 rings (SSSR count). The fourth-order valence-electron chi connectivity index (χ4n) is 3.85. The van der Waals surface area contributed by atoms with Crippen LogP contribution in [0.3, 0.4) is 0 Å². The zero-order chi connectivity index (χ0) is 19.2. The van der Waals surface area contributed by atoms with E-state index in [1.54, 1.807) is 4.57 Å². The predicted octanol–water partition coefficient (Wildman–Crippen LogP) is 3.32. The SMILES string of the molecule is Cc1c(N2CCC(C)(N)CC2)nc(C)n(-c2ccc3ccccc3c2)c1=O.